The Morgan fingerprint density at radius 3 is 2.42 bits per heavy atom. The van der Waals surface area contributed by atoms with Crippen LogP contribution in [0.1, 0.15) is 52.2 Å². The van der Waals surface area contributed by atoms with Gasteiger partial charge in [0.1, 0.15) is 23.6 Å². The summed E-state index contributed by atoms with van der Waals surface area (Å²) < 4.78 is 38.6. The van der Waals surface area contributed by atoms with Crippen molar-refractivity contribution in [1.29, 1.82) is 0 Å². The number of nitrogens with one attached hydrogen (secondary N) is 2. The third-order valence-corrected chi connectivity index (χ3v) is 9.17. The van der Waals surface area contributed by atoms with E-state index < -0.39 is 10.0 Å². The highest BCUT2D eigenvalue weighted by atomic mass is 32.2. The van der Waals surface area contributed by atoms with Crippen molar-refractivity contribution in [1.82, 2.24) is 14.9 Å². The van der Waals surface area contributed by atoms with E-state index in [2.05, 4.69) is 29.5 Å². The number of methoxy groups -OCH3 is 1. The Morgan fingerprint density at radius 2 is 1.82 bits per heavy atom. The van der Waals surface area contributed by atoms with Crippen molar-refractivity contribution in [2.75, 3.05) is 33.8 Å². The summed E-state index contributed by atoms with van der Waals surface area (Å²) in [6.07, 6.45) is 1.72. The van der Waals surface area contributed by atoms with Crippen LogP contribution in [0, 0.1) is 19.3 Å². The predicted octanol–water partition coefficient (Wildman–Crippen LogP) is 4.07. The first-order valence-corrected chi connectivity index (χ1v) is 14.7. The van der Waals surface area contributed by atoms with Gasteiger partial charge >= 0.3 is 0 Å². The van der Waals surface area contributed by atoms with E-state index in [0.717, 1.165) is 30.1 Å². The molecule has 2 aromatic carbocycles. The standard InChI is InChI=1S/C30H38N4O5S/c1-20-13-26(38-6)14-21(2)27(20)40(36,37)34(5)12-11-25-15-24(17-39-25)29(35)31-16-22-7-9-23(10-8-22)28-32-18-30(3,4)19-33-28/h7-10,13-15,17H,11-12,16,18-19H2,1-6H3,(H,31,35)(H,32,33). The van der Waals surface area contributed by atoms with Crippen molar-refractivity contribution in [3.63, 3.8) is 0 Å². The second kappa shape index (κ2) is 11.9. The first kappa shape index (κ1) is 29.4. The zero-order chi connectivity index (χ0) is 29.1. The number of furan rings is 1. The number of ether oxygens (including phenoxy) is 1. The van der Waals surface area contributed by atoms with Crippen molar-refractivity contribution in [2.45, 2.75) is 45.6 Å². The normalized spacial score (nSPS) is 14.9. The summed E-state index contributed by atoms with van der Waals surface area (Å²) in [5.41, 5.74) is 3.78. The molecule has 3 aromatic rings. The Kier molecular flexibility index (Phi) is 8.70. The minimum absolute atomic E-state index is 0.157. The van der Waals surface area contributed by atoms with Crippen LogP contribution in [0.3, 0.4) is 0 Å². The topological polar surface area (TPSA) is 113 Å². The molecular weight excluding hydrogens is 528 g/mol. The Morgan fingerprint density at radius 1 is 1.15 bits per heavy atom. The van der Waals surface area contributed by atoms with E-state index in [9.17, 15) is 13.2 Å². The molecule has 0 atom stereocenters. The molecule has 0 radical (unpaired) electrons. The van der Waals surface area contributed by atoms with Gasteiger partial charge in [-0.15, -0.1) is 0 Å². The highest BCUT2D eigenvalue weighted by Gasteiger charge is 2.26. The van der Waals surface area contributed by atoms with Crippen LogP contribution in [-0.4, -0.2) is 58.3 Å². The van der Waals surface area contributed by atoms with Crippen molar-refractivity contribution in [2.24, 2.45) is 10.4 Å². The summed E-state index contributed by atoms with van der Waals surface area (Å²) in [5, 5.41) is 6.30. The number of carbonyl (C=O) groups is 1. The van der Waals surface area contributed by atoms with E-state index in [1.54, 1.807) is 39.2 Å². The zero-order valence-corrected chi connectivity index (χ0v) is 24.8. The lowest BCUT2D eigenvalue weighted by atomic mass is 9.92. The molecule has 2 N–H and O–H groups in total. The number of likely N-dealkylation sites (N-methyl/N-ethyl adjacent to an activating group) is 1. The van der Waals surface area contributed by atoms with E-state index in [1.165, 1.54) is 17.6 Å². The number of nitrogens with zero attached hydrogens (tertiary/aromatic N) is 2. The molecule has 0 fully saturated rings. The summed E-state index contributed by atoms with van der Waals surface area (Å²) in [6, 6.07) is 13.0. The molecule has 1 aromatic heterocycles. The van der Waals surface area contributed by atoms with Gasteiger partial charge in [0, 0.05) is 50.6 Å². The minimum Gasteiger partial charge on any atom is -0.497 e. The maximum absolute atomic E-state index is 13.2. The van der Waals surface area contributed by atoms with Crippen LogP contribution in [0.15, 0.2) is 63.0 Å². The van der Waals surface area contributed by atoms with Crippen molar-refractivity contribution in [3.05, 3.63) is 82.3 Å². The largest absolute Gasteiger partial charge is 0.497 e. The van der Waals surface area contributed by atoms with Gasteiger partial charge in [-0.05, 0) is 48.7 Å². The lowest BCUT2D eigenvalue weighted by molar-refractivity contribution is 0.0950. The second-order valence-corrected chi connectivity index (χ2v) is 13.0. The molecule has 0 spiro atoms. The number of benzene rings is 2. The molecule has 1 aliphatic rings. The van der Waals surface area contributed by atoms with E-state index in [4.69, 9.17) is 9.15 Å². The first-order valence-electron chi connectivity index (χ1n) is 13.2. The van der Waals surface area contributed by atoms with Gasteiger partial charge in [0.05, 0.1) is 17.6 Å². The summed E-state index contributed by atoms with van der Waals surface area (Å²) in [7, 11) is -0.623. The van der Waals surface area contributed by atoms with Crippen LogP contribution in [0.5, 0.6) is 5.75 Å². The first-order chi connectivity index (χ1) is 18.9. The number of hydrogen-bond acceptors (Lipinski definition) is 7. The molecule has 0 bridgehead atoms. The predicted molar refractivity (Wildman–Crippen MR) is 155 cm³/mol. The molecule has 0 saturated heterocycles. The van der Waals surface area contributed by atoms with Gasteiger partial charge in [-0.3, -0.25) is 9.79 Å². The Balaban J connectivity index is 1.31. The quantitative estimate of drug-likeness (QED) is 0.383. The van der Waals surface area contributed by atoms with Crippen LogP contribution < -0.4 is 15.4 Å². The highest BCUT2D eigenvalue weighted by molar-refractivity contribution is 7.89. The monoisotopic (exact) mass is 566 g/mol. The third-order valence-electron chi connectivity index (χ3n) is 7.01. The molecular formula is C30H38N4O5S. The molecule has 2 heterocycles. The second-order valence-electron chi connectivity index (χ2n) is 11.0. The number of amidine groups is 1. The average Bonchev–Trinajstić information content (AvgIpc) is 3.39. The Bertz CT molecular complexity index is 1480. The maximum Gasteiger partial charge on any atom is 0.254 e. The van der Waals surface area contributed by atoms with Gasteiger partial charge in [0.2, 0.25) is 10.0 Å². The number of sulfonamides is 1. The Hall–Kier alpha value is -3.63. The smallest absolute Gasteiger partial charge is 0.254 e. The van der Waals surface area contributed by atoms with Crippen LogP contribution in [0.25, 0.3) is 0 Å². The van der Waals surface area contributed by atoms with Crippen LogP contribution in [0.4, 0.5) is 0 Å². The van der Waals surface area contributed by atoms with Crippen molar-refractivity contribution in [3.8, 4) is 5.75 Å². The summed E-state index contributed by atoms with van der Waals surface area (Å²) in [5.74, 6) is 1.79. The van der Waals surface area contributed by atoms with E-state index >= 15 is 0 Å². The van der Waals surface area contributed by atoms with Gasteiger partial charge in [0.15, 0.2) is 0 Å². The number of rotatable bonds is 10. The SMILES string of the molecule is COc1cc(C)c(S(=O)(=O)N(C)CCc2cc(C(=O)NCc3ccc(C4=NCC(C)(C)CN4)cc3)co2)c(C)c1. The fraction of sp³-hybridized carbons (Fsp3) is 0.400. The number of carbonyl (C=O) groups excluding carboxylic acids is 1. The van der Waals surface area contributed by atoms with Crippen molar-refractivity contribution < 1.29 is 22.4 Å². The fourth-order valence-electron chi connectivity index (χ4n) is 4.60. The summed E-state index contributed by atoms with van der Waals surface area (Å²) in [6.45, 7) is 10.1. The van der Waals surface area contributed by atoms with Gasteiger partial charge < -0.3 is 19.8 Å². The van der Waals surface area contributed by atoms with E-state index in [0.29, 0.717) is 41.2 Å². The van der Waals surface area contributed by atoms with Crippen molar-refractivity contribution >= 4 is 21.8 Å². The molecule has 0 saturated carbocycles. The number of hydrogen-bond donors (Lipinski definition) is 2. The molecule has 1 aliphatic heterocycles. The number of amides is 1. The number of aliphatic imine (C=N–C) groups is 1. The summed E-state index contributed by atoms with van der Waals surface area (Å²) >= 11 is 0. The minimum atomic E-state index is -3.71. The highest BCUT2D eigenvalue weighted by Crippen LogP contribution is 2.28. The van der Waals surface area contributed by atoms with Gasteiger partial charge in [-0.2, -0.15) is 0 Å². The Labute approximate surface area is 236 Å². The lowest BCUT2D eigenvalue weighted by Gasteiger charge is -2.29. The molecule has 9 nitrogen and oxygen atoms in total. The lowest BCUT2D eigenvalue weighted by Crippen LogP contribution is -2.41. The zero-order valence-electron chi connectivity index (χ0n) is 24.0. The van der Waals surface area contributed by atoms with Gasteiger partial charge in [-0.1, -0.05) is 38.1 Å². The van der Waals surface area contributed by atoms with Crippen LogP contribution in [-0.2, 0) is 23.0 Å². The third kappa shape index (κ3) is 6.74. The average molecular weight is 567 g/mol. The van der Waals surface area contributed by atoms with Crippen LogP contribution in [0.2, 0.25) is 0 Å². The van der Waals surface area contributed by atoms with E-state index in [1.807, 2.05) is 24.3 Å². The molecule has 4 rings (SSSR count). The molecule has 40 heavy (non-hydrogen) atoms. The molecule has 10 heteroatoms. The van der Waals surface area contributed by atoms with Gasteiger partial charge in [0.25, 0.3) is 5.91 Å². The fourth-order valence-corrected chi connectivity index (χ4v) is 6.17. The van der Waals surface area contributed by atoms with Crippen LogP contribution >= 0.6 is 0 Å². The van der Waals surface area contributed by atoms with Gasteiger partial charge in [-0.25, -0.2) is 12.7 Å². The number of aryl methyl sites for hydroxylation is 2. The molecule has 0 unspecified atom stereocenters. The summed E-state index contributed by atoms with van der Waals surface area (Å²) in [4.78, 5) is 17.6. The molecule has 0 aliphatic carbocycles. The maximum atomic E-state index is 13.2. The molecule has 214 valence electrons. The van der Waals surface area contributed by atoms with E-state index in [-0.39, 0.29) is 22.8 Å². The molecule has 1 amide bonds.